The Labute approximate surface area is 101 Å². The molecule has 0 heterocycles. The minimum atomic E-state index is -0.818. The second-order valence-corrected chi connectivity index (χ2v) is 3.50. The summed E-state index contributed by atoms with van der Waals surface area (Å²) in [5.74, 6) is 3.98. The lowest BCUT2D eigenvalue weighted by Crippen LogP contribution is -2.10. The Morgan fingerprint density at radius 1 is 1.06 bits per heavy atom. The Kier molecular flexibility index (Phi) is 3.18. The number of nitroso groups, excluding NO2 is 1. The maximum Gasteiger partial charge on any atom is 0.327 e. The van der Waals surface area contributed by atoms with E-state index in [0.717, 1.165) is 12.1 Å². The average molecular weight is 251 g/mol. The standard InChI is InChI=1S/C12H9F2N2O2/c13-8-2-1-3-9(6-8)18-10-4-5-12(16(15)17)11(14)7-10/h1-7H,(H2,15,17)/q+1. The Hall–Kier alpha value is -2.50. The van der Waals surface area contributed by atoms with Gasteiger partial charge in [0.05, 0.1) is 4.91 Å². The van der Waals surface area contributed by atoms with E-state index in [1.165, 1.54) is 30.3 Å². The van der Waals surface area contributed by atoms with Gasteiger partial charge in [0.15, 0.2) is 4.87 Å². The lowest BCUT2D eigenvalue weighted by atomic mass is 10.3. The Morgan fingerprint density at radius 2 is 1.78 bits per heavy atom. The molecule has 2 aromatic carbocycles. The van der Waals surface area contributed by atoms with Crippen molar-refractivity contribution in [3.8, 4) is 11.5 Å². The van der Waals surface area contributed by atoms with Gasteiger partial charge < -0.3 is 4.74 Å². The van der Waals surface area contributed by atoms with Crippen molar-refractivity contribution in [2.75, 3.05) is 0 Å². The number of hydrazine groups is 1. The SMILES string of the molecule is N[N+](=O)c1ccc(Oc2cccc(F)c2)cc1F. The quantitative estimate of drug-likeness (QED) is 0.518. The van der Waals surface area contributed by atoms with Crippen molar-refractivity contribution in [2.24, 2.45) is 5.84 Å². The topological polar surface area (TPSA) is 55.3 Å². The summed E-state index contributed by atoms with van der Waals surface area (Å²) >= 11 is 0. The predicted molar refractivity (Wildman–Crippen MR) is 60.3 cm³/mol. The van der Waals surface area contributed by atoms with Crippen LogP contribution in [0.3, 0.4) is 0 Å². The van der Waals surface area contributed by atoms with Crippen LogP contribution in [0, 0.1) is 16.5 Å². The van der Waals surface area contributed by atoms with Gasteiger partial charge in [-0.2, -0.15) is 10.2 Å². The van der Waals surface area contributed by atoms with E-state index in [9.17, 15) is 13.7 Å². The van der Waals surface area contributed by atoms with Crippen molar-refractivity contribution in [1.82, 2.24) is 0 Å². The molecule has 2 rings (SSSR count). The molecule has 0 aliphatic carbocycles. The number of ether oxygens (including phenoxy) is 1. The highest BCUT2D eigenvalue weighted by molar-refractivity contribution is 5.39. The third kappa shape index (κ3) is 2.60. The van der Waals surface area contributed by atoms with Crippen LogP contribution in [0.4, 0.5) is 14.5 Å². The van der Waals surface area contributed by atoms with Crippen molar-refractivity contribution >= 4 is 5.69 Å². The number of benzene rings is 2. The normalized spacial score (nSPS) is 10.1. The monoisotopic (exact) mass is 251 g/mol. The van der Waals surface area contributed by atoms with E-state index in [0.29, 0.717) is 0 Å². The minimum absolute atomic E-state index is 0.0820. The number of nitrogens with zero attached hydrogens (tertiary/aromatic N) is 1. The Morgan fingerprint density at radius 3 is 2.39 bits per heavy atom. The molecule has 4 nitrogen and oxygen atoms in total. The minimum Gasteiger partial charge on any atom is -0.457 e. The van der Waals surface area contributed by atoms with E-state index in [4.69, 9.17) is 10.6 Å². The van der Waals surface area contributed by atoms with E-state index in [1.54, 1.807) is 0 Å². The van der Waals surface area contributed by atoms with E-state index in [-0.39, 0.29) is 22.1 Å². The average Bonchev–Trinajstić information content (AvgIpc) is 2.28. The van der Waals surface area contributed by atoms with Crippen LogP contribution >= 0.6 is 0 Å². The first-order chi connectivity index (χ1) is 8.56. The molecule has 0 aromatic heterocycles. The first-order valence-corrected chi connectivity index (χ1v) is 5.01. The molecule has 2 aromatic rings. The highest BCUT2D eigenvalue weighted by Crippen LogP contribution is 2.26. The number of hydrogen-bond donors (Lipinski definition) is 1. The summed E-state index contributed by atoms with van der Waals surface area (Å²) in [4.78, 5) is 10.7. The van der Waals surface area contributed by atoms with Crippen LogP contribution in [0.25, 0.3) is 0 Å². The maximum atomic E-state index is 13.4. The molecule has 0 fully saturated rings. The third-order valence-electron chi connectivity index (χ3n) is 2.19. The molecule has 0 unspecified atom stereocenters. The second kappa shape index (κ2) is 4.79. The second-order valence-electron chi connectivity index (χ2n) is 3.50. The van der Waals surface area contributed by atoms with Crippen LogP contribution in [0.15, 0.2) is 42.5 Å². The van der Waals surface area contributed by atoms with Crippen LogP contribution in [0.1, 0.15) is 0 Å². The van der Waals surface area contributed by atoms with Gasteiger partial charge in [-0.1, -0.05) is 6.07 Å². The number of hydrogen-bond acceptors (Lipinski definition) is 2. The van der Waals surface area contributed by atoms with Crippen LogP contribution in [0.5, 0.6) is 11.5 Å². The highest BCUT2D eigenvalue weighted by Gasteiger charge is 2.17. The van der Waals surface area contributed by atoms with Gasteiger partial charge >= 0.3 is 5.69 Å². The lowest BCUT2D eigenvalue weighted by Gasteiger charge is -2.05. The van der Waals surface area contributed by atoms with Crippen LogP contribution < -0.4 is 10.6 Å². The fraction of sp³-hybridized carbons (Fsp3) is 0. The fourth-order valence-electron chi connectivity index (χ4n) is 1.40. The number of halogens is 2. The summed E-state index contributed by atoms with van der Waals surface area (Å²) in [5, 5.41) is 0. The summed E-state index contributed by atoms with van der Waals surface area (Å²) in [6, 6.07) is 8.96. The number of rotatable bonds is 3. The largest absolute Gasteiger partial charge is 0.457 e. The highest BCUT2D eigenvalue weighted by atomic mass is 19.1. The predicted octanol–water partition coefficient (Wildman–Crippen LogP) is 3.04. The molecule has 0 bridgehead atoms. The lowest BCUT2D eigenvalue weighted by molar-refractivity contribution is -0.476. The first kappa shape index (κ1) is 12.0. The summed E-state index contributed by atoms with van der Waals surface area (Å²) in [6.45, 7) is 0. The Bertz CT molecular complexity index is 602. The van der Waals surface area contributed by atoms with Crippen molar-refractivity contribution in [3.63, 3.8) is 0 Å². The summed E-state index contributed by atoms with van der Waals surface area (Å²) in [6.07, 6.45) is 0. The molecule has 0 aliphatic rings. The fourth-order valence-corrected chi connectivity index (χ4v) is 1.40. The molecule has 0 saturated heterocycles. The summed E-state index contributed by atoms with van der Waals surface area (Å²) in [7, 11) is 0. The van der Waals surface area contributed by atoms with Gasteiger partial charge in [0.1, 0.15) is 17.3 Å². The van der Waals surface area contributed by atoms with Gasteiger partial charge in [0, 0.05) is 18.2 Å². The molecule has 6 heteroatoms. The number of nitrogens with two attached hydrogens (primary N) is 1. The molecule has 2 N–H and O–H groups in total. The van der Waals surface area contributed by atoms with Crippen molar-refractivity contribution < 1.29 is 18.4 Å². The third-order valence-corrected chi connectivity index (χ3v) is 2.19. The maximum absolute atomic E-state index is 13.4. The molecule has 92 valence electrons. The first-order valence-electron chi connectivity index (χ1n) is 5.01. The van der Waals surface area contributed by atoms with Gasteiger partial charge in [0.2, 0.25) is 5.82 Å². The Balaban J connectivity index is 2.25. The molecule has 18 heavy (non-hydrogen) atoms. The smallest absolute Gasteiger partial charge is 0.327 e. The zero-order valence-electron chi connectivity index (χ0n) is 9.14. The van der Waals surface area contributed by atoms with E-state index < -0.39 is 11.6 Å². The van der Waals surface area contributed by atoms with E-state index in [2.05, 4.69) is 0 Å². The zero-order valence-corrected chi connectivity index (χ0v) is 9.14. The molecule has 0 spiro atoms. The van der Waals surface area contributed by atoms with Crippen LogP contribution in [-0.2, 0) is 0 Å². The summed E-state index contributed by atoms with van der Waals surface area (Å²) in [5.41, 5.74) is -0.304. The van der Waals surface area contributed by atoms with E-state index in [1.807, 2.05) is 0 Å². The molecule has 0 aliphatic heterocycles. The van der Waals surface area contributed by atoms with Crippen molar-refractivity contribution in [3.05, 3.63) is 59.0 Å². The molecule has 0 atom stereocenters. The summed E-state index contributed by atoms with van der Waals surface area (Å²) < 4.78 is 31.5. The van der Waals surface area contributed by atoms with Crippen LogP contribution in [-0.4, -0.2) is 4.87 Å². The van der Waals surface area contributed by atoms with Gasteiger partial charge in [-0.25, -0.2) is 4.39 Å². The van der Waals surface area contributed by atoms with E-state index >= 15 is 0 Å². The molecular formula is C12H9F2N2O2+. The molecule has 0 saturated carbocycles. The zero-order chi connectivity index (χ0) is 13.1. The van der Waals surface area contributed by atoms with Gasteiger partial charge in [-0.3, -0.25) is 0 Å². The van der Waals surface area contributed by atoms with Gasteiger partial charge in [-0.15, -0.1) is 0 Å². The van der Waals surface area contributed by atoms with Gasteiger partial charge in [0.25, 0.3) is 0 Å². The van der Waals surface area contributed by atoms with Crippen LogP contribution in [0.2, 0.25) is 0 Å². The molecule has 0 radical (unpaired) electrons. The molecule has 0 amide bonds. The van der Waals surface area contributed by atoms with Crippen molar-refractivity contribution in [2.45, 2.75) is 0 Å². The van der Waals surface area contributed by atoms with Gasteiger partial charge in [-0.05, 0) is 18.2 Å². The van der Waals surface area contributed by atoms with Crippen molar-refractivity contribution in [1.29, 1.82) is 0 Å². The molecular weight excluding hydrogens is 242 g/mol.